The van der Waals surface area contributed by atoms with Crippen molar-refractivity contribution in [3.8, 4) is 5.75 Å². The molecule has 1 atom stereocenters. The molecule has 1 N–H and O–H groups in total. The largest absolute Gasteiger partial charge is 0.489 e. The van der Waals surface area contributed by atoms with Crippen molar-refractivity contribution in [2.75, 3.05) is 7.05 Å². The molecule has 1 aromatic carbocycles. The van der Waals surface area contributed by atoms with E-state index in [1.165, 1.54) is 11.1 Å². The number of aromatic nitrogens is 1. The molecular weight excluding hydrogens is 316 g/mol. The van der Waals surface area contributed by atoms with E-state index in [0.717, 1.165) is 28.6 Å². The fourth-order valence-electron chi connectivity index (χ4n) is 2.75. The van der Waals surface area contributed by atoms with Gasteiger partial charge in [0.15, 0.2) is 0 Å². The Balaban J connectivity index is 1.77. The van der Waals surface area contributed by atoms with Crippen LogP contribution in [0.25, 0.3) is 0 Å². The summed E-state index contributed by atoms with van der Waals surface area (Å²) in [5, 5.41) is 3.36. The number of nitrogens with one attached hydrogen (secondary N) is 1. The third kappa shape index (κ3) is 2.72. The molecule has 0 bridgehead atoms. The average molecular weight is 333 g/mol. The van der Waals surface area contributed by atoms with Crippen LogP contribution in [-0.2, 0) is 13.0 Å². The van der Waals surface area contributed by atoms with Crippen LogP contribution in [0, 0.1) is 0 Å². The molecule has 1 aliphatic rings. The fourth-order valence-corrected chi connectivity index (χ4v) is 3.16. The first-order valence-corrected chi connectivity index (χ1v) is 7.58. The minimum atomic E-state index is 0.459. The maximum absolute atomic E-state index is 5.99. The predicted octanol–water partition coefficient (Wildman–Crippen LogP) is 3.63. The SMILES string of the molecule is CNC1CCc2c(OCc3cncc(Br)c3)cccc21. The van der Waals surface area contributed by atoms with E-state index >= 15 is 0 Å². The van der Waals surface area contributed by atoms with Gasteiger partial charge < -0.3 is 10.1 Å². The number of hydrogen-bond acceptors (Lipinski definition) is 3. The number of pyridine rings is 1. The molecule has 4 heteroatoms. The molecule has 0 spiro atoms. The zero-order valence-corrected chi connectivity index (χ0v) is 13.0. The van der Waals surface area contributed by atoms with E-state index < -0.39 is 0 Å². The highest BCUT2D eigenvalue weighted by atomic mass is 79.9. The average Bonchev–Trinajstić information content (AvgIpc) is 2.89. The Labute approximate surface area is 127 Å². The second-order valence-corrected chi connectivity index (χ2v) is 5.92. The molecule has 20 heavy (non-hydrogen) atoms. The van der Waals surface area contributed by atoms with E-state index in [4.69, 9.17) is 4.74 Å². The van der Waals surface area contributed by atoms with Gasteiger partial charge in [-0.15, -0.1) is 0 Å². The topological polar surface area (TPSA) is 34.1 Å². The molecule has 0 amide bonds. The molecule has 3 nitrogen and oxygen atoms in total. The Morgan fingerprint density at radius 1 is 1.40 bits per heavy atom. The smallest absolute Gasteiger partial charge is 0.123 e. The van der Waals surface area contributed by atoms with E-state index in [9.17, 15) is 0 Å². The van der Waals surface area contributed by atoms with Crippen molar-refractivity contribution in [1.29, 1.82) is 0 Å². The molecule has 1 heterocycles. The third-order valence-electron chi connectivity index (χ3n) is 3.73. The molecular formula is C16H17BrN2O. The highest BCUT2D eigenvalue weighted by Gasteiger charge is 2.23. The second-order valence-electron chi connectivity index (χ2n) is 5.00. The van der Waals surface area contributed by atoms with Gasteiger partial charge in [0.05, 0.1) is 0 Å². The van der Waals surface area contributed by atoms with Crippen LogP contribution in [0.15, 0.2) is 41.1 Å². The molecule has 104 valence electrons. The molecule has 1 unspecified atom stereocenters. The van der Waals surface area contributed by atoms with E-state index in [1.54, 1.807) is 6.20 Å². The van der Waals surface area contributed by atoms with Crippen molar-refractivity contribution in [3.05, 3.63) is 57.8 Å². The highest BCUT2D eigenvalue weighted by Crippen LogP contribution is 2.36. The van der Waals surface area contributed by atoms with Gasteiger partial charge in [-0.1, -0.05) is 12.1 Å². The summed E-state index contributed by atoms with van der Waals surface area (Å²) in [5.41, 5.74) is 3.78. The standard InChI is InChI=1S/C16H17BrN2O/c1-18-15-6-5-14-13(15)3-2-4-16(14)20-10-11-7-12(17)9-19-8-11/h2-4,7-9,15,18H,5-6,10H2,1H3. The molecule has 0 aliphatic heterocycles. The summed E-state index contributed by atoms with van der Waals surface area (Å²) in [4.78, 5) is 4.16. The van der Waals surface area contributed by atoms with Crippen LogP contribution in [0.3, 0.4) is 0 Å². The Kier molecular flexibility index (Phi) is 4.03. The minimum Gasteiger partial charge on any atom is -0.489 e. The molecule has 2 aromatic rings. The van der Waals surface area contributed by atoms with Crippen molar-refractivity contribution >= 4 is 15.9 Å². The van der Waals surface area contributed by atoms with E-state index in [0.29, 0.717) is 12.6 Å². The summed E-state index contributed by atoms with van der Waals surface area (Å²) in [6.45, 7) is 0.549. The van der Waals surface area contributed by atoms with Gasteiger partial charge in [0.25, 0.3) is 0 Å². The molecule has 1 aliphatic carbocycles. The Bertz CT molecular complexity index is 615. The van der Waals surface area contributed by atoms with Crippen molar-refractivity contribution in [2.24, 2.45) is 0 Å². The molecule has 3 rings (SSSR count). The number of rotatable bonds is 4. The first kappa shape index (κ1) is 13.6. The van der Waals surface area contributed by atoms with Gasteiger partial charge in [-0.3, -0.25) is 4.98 Å². The fraction of sp³-hybridized carbons (Fsp3) is 0.312. The van der Waals surface area contributed by atoms with Gasteiger partial charge in [0.1, 0.15) is 12.4 Å². The van der Waals surface area contributed by atoms with Gasteiger partial charge in [-0.25, -0.2) is 0 Å². The normalized spacial score (nSPS) is 17.0. The van der Waals surface area contributed by atoms with Crippen LogP contribution < -0.4 is 10.1 Å². The van der Waals surface area contributed by atoms with Crippen molar-refractivity contribution in [2.45, 2.75) is 25.5 Å². The summed E-state index contributed by atoms with van der Waals surface area (Å²) < 4.78 is 6.97. The van der Waals surface area contributed by atoms with Gasteiger partial charge in [0.2, 0.25) is 0 Å². The summed E-state index contributed by atoms with van der Waals surface area (Å²) in [6.07, 6.45) is 5.84. The zero-order valence-electron chi connectivity index (χ0n) is 11.4. The first-order chi connectivity index (χ1) is 9.78. The van der Waals surface area contributed by atoms with Gasteiger partial charge in [-0.2, -0.15) is 0 Å². The Morgan fingerprint density at radius 2 is 2.30 bits per heavy atom. The van der Waals surface area contributed by atoms with E-state index in [1.807, 2.05) is 19.3 Å². The lowest BCUT2D eigenvalue weighted by molar-refractivity contribution is 0.303. The predicted molar refractivity (Wildman–Crippen MR) is 82.8 cm³/mol. The maximum Gasteiger partial charge on any atom is 0.123 e. The Hall–Kier alpha value is -1.39. The van der Waals surface area contributed by atoms with Gasteiger partial charge in [0, 0.05) is 28.5 Å². The van der Waals surface area contributed by atoms with E-state index in [2.05, 4.69) is 44.4 Å². The number of nitrogens with zero attached hydrogens (tertiary/aromatic N) is 1. The molecule has 0 saturated heterocycles. The number of benzene rings is 1. The van der Waals surface area contributed by atoms with Crippen molar-refractivity contribution < 1.29 is 4.74 Å². The van der Waals surface area contributed by atoms with Crippen LogP contribution in [0.4, 0.5) is 0 Å². The second kappa shape index (κ2) is 5.94. The van der Waals surface area contributed by atoms with Crippen LogP contribution in [-0.4, -0.2) is 12.0 Å². The molecule has 0 saturated carbocycles. The number of fused-ring (bicyclic) bond motifs is 1. The lowest BCUT2D eigenvalue weighted by Crippen LogP contribution is -2.12. The summed E-state index contributed by atoms with van der Waals surface area (Å²) >= 11 is 3.43. The number of halogens is 1. The monoisotopic (exact) mass is 332 g/mol. The van der Waals surface area contributed by atoms with Crippen molar-refractivity contribution in [3.63, 3.8) is 0 Å². The molecule has 0 radical (unpaired) electrons. The third-order valence-corrected chi connectivity index (χ3v) is 4.17. The minimum absolute atomic E-state index is 0.459. The lowest BCUT2D eigenvalue weighted by Gasteiger charge is -2.13. The quantitative estimate of drug-likeness (QED) is 0.928. The number of hydrogen-bond donors (Lipinski definition) is 1. The summed E-state index contributed by atoms with van der Waals surface area (Å²) in [6, 6.07) is 8.82. The van der Waals surface area contributed by atoms with Gasteiger partial charge >= 0.3 is 0 Å². The van der Waals surface area contributed by atoms with Crippen LogP contribution in [0.5, 0.6) is 5.75 Å². The van der Waals surface area contributed by atoms with Crippen molar-refractivity contribution in [1.82, 2.24) is 10.3 Å². The summed E-state index contributed by atoms with van der Waals surface area (Å²) in [7, 11) is 2.01. The Morgan fingerprint density at radius 3 is 3.10 bits per heavy atom. The number of ether oxygens (including phenoxy) is 1. The lowest BCUT2D eigenvalue weighted by atomic mass is 10.1. The summed E-state index contributed by atoms with van der Waals surface area (Å²) in [5.74, 6) is 1.00. The van der Waals surface area contributed by atoms with E-state index in [-0.39, 0.29) is 0 Å². The van der Waals surface area contributed by atoms with Crippen LogP contribution in [0.2, 0.25) is 0 Å². The van der Waals surface area contributed by atoms with Crippen LogP contribution >= 0.6 is 15.9 Å². The first-order valence-electron chi connectivity index (χ1n) is 6.79. The van der Waals surface area contributed by atoms with Crippen LogP contribution in [0.1, 0.15) is 29.2 Å². The maximum atomic E-state index is 5.99. The highest BCUT2D eigenvalue weighted by molar-refractivity contribution is 9.10. The van der Waals surface area contributed by atoms with Gasteiger partial charge in [-0.05, 0) is 59.1 Å². The molecule has 0 fully saturated rings. The molecule has 1 aromatic heterocycles. The zero-order chi connectivity index (χ0) is 13.9.